The molecule has 1 saturated heterocycles. The maximum Gasteiger partial charge on any atom is 0.228 e. The summed E-state index contributed by atoms with van der Waals surface area (Å²) in [5, 5.41) is 3.86. The summed E-state index contributed by atoms with van der Waals surface area (Å²) in [5.41, 5.74) is 0.816. The molecule has 2 aromatic heterocycles. The van der Waals surface area contributed by atoms with E-state index in [1.165, 1.54) is 0 Å². The number of nitrogens with zero attached hydrogens (tertiary/aromatic N) is 5. The van der Waals surface area contributed by atoms with Crippen LogP contribution in [0.15, 0.2) is 28.9 Å². The normalized spacial score (nSPS) is 17.1. The predicted molar refractivity (Wildman–Crippen MR) is 87.9 cm³/mol. The first kappa shape index (κ1) is 17.1. The van der Waals surface area contributed by atoms with Gasteiger partial charge in [0.25, 0.3) is 0 Å². The van der Waals surface area contributed by atoms with Crippen LogP contribution in [0.2, 0.25) is 0 Å². The van der Waals surface area contributed by atoms with Gasteiger partial charge in [0.2, 0.25) is 17.7 Å². The third-order valence-corrected chi connectivity index (χ3v) is 4.21. The zero-order valence-electron chi connectivity index (χ0n) is 14.4. The van der Waals surface area contributed by atoms with Crippen molar-refractivity contribution < 1.29 is 14.1 Å². The van der Waals surface area contributed by atoms with Crippen molar-refractivity contribution in [3.63, 3.8) is 0 Å². The van der Waals surface area contributed by atoms with Gasteiger partial charge in [0, 0.05) is 32.6 Å². The van der Waals surface area contributed by atoms with Crippen molar-refractivity contribution in [2.45, 2.75) is 32.9 Å². The molecule has 0 N–H and O–H groups in total. The minimum atomic E-state index is -0.348. The molecule has 1 atom stereocenters. The molecule has 8 heteroatoms. The standard InChI is InChI=1S/C17H21N5O3/c1-3-15-19-14(20-25-15)11-21(2)17(24)12-8-16(23)22(9-12)10-13-6-4-5-7-18-13/h4-7,12H,3,8-11H2,1-2H3. The maximum absolute atomic E-state index is 12.6. The van der Waals surface area contributed by atoms with Crippen LogP contribution in [0.3, 0.4) is 0 Å². The van der Waals surface area contributed by atoms with Crippen molar-refractivity contribution in [2.24, 2.45) is 5.92 Å². The van der Waals surface area contributed by atoms with Gasteiger partial charge in [0.05, 0.1) is 24.7 Å². The molecule has 0 radical (unpaired) electrons. The van der Waals surface area contributed by atoms with Gasteiger partial charge in [-0.3, -0.25) is 14.6 Å². The molecular formula is C17H21N5O3. The molecule has 2 aromatic rings. The van der Waals surface area contributed by atoms with E-state index < -0.39 is 0 Å². The zero-order chi connectivity index (χ0) is 17.8. The van der Waals surface area contributed by atoms with Crippen LogP contribution in [-0.2, 0) is 29.1 Å². The lowest BCUT2D eigenvalue weighted by Crippen LogP contribution is -2.34. The molecule has 3 rings (SSSR count). The van der Waals surface area contributed by atoms with Gasteiger partial charge >= 0.3 is 0 Å². The fourth-order valence-electron chi connectivity index (χ4n) is 2.88. The zero-order valence-corrected chi connectivity index (χ0v) is 14.4. The van der Waals surface area contributed by atoms with Gasteiger partial charge < -0.3 is 14.3 Å². The number of aryl methyl sites for hydroxylation is 1. The second-order valence-corrected chi connectivity index (χ2v) is 6.15. The fraction of sp³-hybridized carbons (Fsp3) is 0.471. The van der Waals surface area contributed by atoms with Gasteiger partial charge in [-0.15, -0.1) is 0 Å². The number of carbonyl (C=O) groups is 2. The number of hydrogen-bond acceptors (Lipinski definition) is 6. The molecule has 0 spiro atoms. The molecule has 0 bridgehead atoms. The highest BCUT2D eigenvalue weighted by atomic mass is 16.5. The summed E-state index contributed by atoms with van der Waals surface area (Å²) in [6.45, 7) is 3.03. The SMILES string of the molecule is CCc1nc(CN(C)C(=O)C2CC(=O)N(Cc3ccccn3)C2)no1. The Hall–Kier alpha value is -2.77. The number of rotatable bonds is 6. The van der Waals surface area contributed by atoms with Crippen molar-refractivity contribution >= 4 is 11.8 Å². The molecule has 1 fully saturated rings. The van der Waals surface area contributed by atoms with Gasteiger partial charge in [-0.25, -0.2) is 0 Å². The average Bonchev–Trinajstić information content (AvgIpc) is 3.22. The maximum atomic E-state index is 12.6. The Morgan fingerprint density at radius 3 is 2.96 bits per heavy atom. The number of likely N-dealkylation sites (tertiary alicyclic amines) is 1. The largest absolute Gasteiger partial charge is 0.339 e. The van der Waals surface area contributed by atoms with E-state index in [9.17, 15) is 9.59 Å². The molecule has 1 aliphatic rings. The van der Waals surface area contributed by atoms with Crippen LogP contribution < -0.4 is 0 Å². The highest BCUT2D eigenvalue weighted by Crippen LogP contribution is 2.22. The van der Waals surface area contributed by atoms with Crippen LogP contribution in [0, 0.1) is 5.92 Å². The van der Waals surface area contributed by atoms with Crippen molar-refractivity contribution in [1.29, 1.82) is 0 Å². The molecule has 0 aliphatic carbocycles. The Kier molecular flexibility index (Phi) is 5.06. The lowest BCUT2D eigenvalue weighted by atomic mass is 10.1. The van der Waals surface area contributed by atoms with Crippen molar-refractivity contribution in [3.05, 3.63) is 41.8 Å². The van der Waals surface area contributed by atoms with Gasteiger partial charge in [0.1, 0.15) is 0 Å². The summed E-state index contributed by atoms with van der Waals surface area (Å²) in [4.78, 5) is 36.5. The van der Waals surface area contributed by atoms with E-state index in [4.69, 9.17) is 4.52 Å². The van der Waals surface area contributed by atoms with Crippen LogP contribution in [0.25, 0.3) is 0 Å². The van der Waals surface area contributed by atoms with Gasteiger partial charge in [0.15, 0.2) is 5.82 Å². The van der Waals surface area contributed by atoms with Gasteiger partial charge in [-0.05, 0) is 12.1 Å². The lowest BCUT2D eigenvalue weighted by Gasteiger charge is -2.20. The molecule has 0 saturated carbocycles. The Labute approximate surface area is 145 Å². The molecule has 0 aromatic carbocycles. The lowest BCUT2D eigenvalue weighted by molar-refractivity contribution is -0.135. The van der Waals surface area contributed by atoms with Crippen molar-refractivity contribution in [3.8, 4) is 0 Å². The van der Waals surface area contributed by atoms with Gasteiger partial charge in [-0.2, -0.15) is 4.98 Å². The summed E-state index contributed by atoms with van der Waals surface area (Å²) in [7, 11) is 1.69. The third-order valence-electron chi connectivity index (χ3n) is 4.21. The Balaban J connectivity index is 1.58. The molecule has 3 heterocycles. The molecule has 1 aliphatic heterocycles. The summed E-state index contributed by atoms with van der Waals surface area (Å²) in [6, 6.07) is 5.59. The monoisotopic (exact) mass is 343 g/mol. The average molecular weight is 343 g/mol. The first-order valence-electron chi connectivity index (χ1n) is 8.31. The summed E-state index contributed by atoms with van der Waals surface area (Å²) < 4.78 is 5.05. The fourth-order valence-corrected chi connectivity index (χ4v) is 2.88. The van der Waals surface area contributed by atoms with Crippen LogP contribution >= 0.6 is 0 Å². The van der Waals surface area contributed by atoms with E-state index in [2.05, 4.69) is 15.1 Å². The summed E-state index contributed by atoms with van der Waals surface area (Å²) in [6.07, 6.45) is 2.58. The van der Waals surface area contributed by atoms with Crippen LogP contribution in [0.1, 0.15) is 30.8 Å². The third kappa shape index (κ3) is 4.01. The van der Waals surface area contributed by atoms with E-state index in [0.717, 1.165) is 5.69 Å². The van der Waals surface area contributed by atoms with E-state index >= 15 is 0 Å². The molecule has 8 nitrogen and oxygen atoms in total. The highest BCUT2D eigenvalue weighted by Gasteiger charge is 2.36. The van der Waals surface area contributed by atoms with Crippen molar-refractivity contribution in [2.75, 3.05) is 13.6 Å². The smallest absolute Gasteiger partial charge is 0.228 e. The summed E-state index contributed by atoms with van der Waals surface area (Å²) >= 11 is 0. The minimum absolute atomic E-state index is 0.0229. The Morgan fingerprint density at radius 1 is 1.44 bits per heavy atom. The molecule has 1 unspecified atom stereocenters. The Morgan fingerprint density at radius 2 is 2.28 bits per heavy atom. The van der Waals surface area contributed by atoms with E-state index in [-0.39, 0.29) is 30.7 Å². The Bertz CT molecular complexity index is 746. The molecular weight excluding hydrogens is 322 g/mol. The van der Waals surface area contributed by atoms with Crippen LogP contribution in [0.4, 0.5) is 0 Å². The number of hydrogen-bond donors (Lipinski definition) is 0. The first-order valence-corrected chi connectivity index (χ1v) is 8.31. The van der Waals surface area contributed by atoms with Gasteiger partial charge in [-0.1, -0.05) is 18.1 Å². The highest BCUT2D eigenvalue weighted by molar-refractivity contribution is 5.89. The number of carbonyl (C=O) groups excluding carboxylic acids is 2. The predicted octanol–water partition coefficient (Wildman–Crippen LogP) is 1.03. The second-order valence-electron chi connectivity index (χ2n) is 6.15. The second kappa shape index (κ2) is 7.42. The van der Waals surface area contributed by atoms with Crippen molar-refractivity contribution in [1.82, 2.24) is 24.9 Å². The number of aromatic nitrogens is 3. The minimum Gasteiger partial charge on any atom is -0.339 e. The first-order chi connectivity index (χ1) is 12.1. The number of pyridine rings is 1. The van der Waals surface area contributed by atoms with Crippen LogP contribution in [-0.4, -0.2) is 50.3 Å². The topological polar surface area (TPSA) is 92.4 Å². The van der Waals surface area contributed by atoms with Crippen LogP contribution in [0.5, 0.6) is 0 Å². The quantitative estimate of drug-likeness (QED) is 0.778. The van der Waals surface area contributed by atoms with E-state index in [1.807, 2.05) is 25.1 Å². The molecule has 2 amide bonds. The molecule has 25 heavy (non-hydrogen) atoms. The van der Waals surface area contributed by atoms with E-state index in [0.29, 0.717) is 31.2 Å². The summed E-state index contributed by atoms with van der Waals surface area (Å²) in [5.74, 6) is 0.569. The van der Waals surface area contributed by atoms with E-state index in [1.54, 1.807) is 23.0 Å². The molecule has 132 valence electrons. The number of amides is 2.